The average molecular weight is 373 g/mol. The van der Waals surface area contributed by atoms with Crippen molar-refractivity contribution in [3.63, 3.8) is 0 Å². The highest BCUT2D eigenvalue weighted by Gasteiger charge is 2.14. The van der Waals surface area contributed by atoms with Crippen LogP contribution in [0.5, 0.6) is 0 Å². The molecule has 0 atom stereocenters. The van der Waals surface area contributed by atoms with E-state index < -0.39 is 17.5 Å². The van der Waals surface area contributed by atoms with Crippen LogP contribution in [0.1, 0.15) is 5.69 Å². The van der Waals surface area contributed by atoms with Gasteiger partial charge in [0.2, 0.25) is 0 Å². The lowest BCUT2D eigenvalue weighted by atomic mass is 10.2. The molecule has 0 bridgehead atoms. The molecule has 1 aromatic carbocycles. The van der Waals surface area contributed by atoms with E-state index in [1.807, 2.05) is 16.8 Å². The van der Waals surface area contributed by atoms with Crippen molar-refractivity contribution >= 4 is 40.3 Å². The summed E-state index contributed by atoms with van der Waals surface area (Å²) in [6, 6.07) is 6.45. The van der Waals surface area contributed by atoms with Crippen LogP contribution in [0.15, 0.2) is 46.0 Å². The summed E-state index contributed by atoms with van der Waals surface area (Å²) in [5, 5.41) is 17.8. The molecule has 0 spiro atoms. The number of nitrogens with zero attached hydrogens (tertiary/aromatic N) is 2. The van der Waals surface area contributed by atoms with E-state index in [9.17, 15) is 18.8 Å². The fourth-order valence-electron chi connectivity index (χ4n) is 1.95. The number of nitriles is 1. The summed E-state index contributed by atoms with van der Waals surface area (Å²) in [4.78, 5) is 16.5. The molecule has 124 valence electrons. The van der Waals surface area contributed by atoms with Gasteiger partial charge in [-0.3, -0.25) is 4.79 Å². The number of nitrogens with one attached hydrogen (secondary N) is 1. The number of aromatic nitrogens is 1. The summed E-state index contributed by atoms with van der Waals surface area (Å²) < 4.78 is 26.5. The second kappa shape index (κ2) is 7.34. The molecule has 0 saturated heterocycles. The van der Waals surface area contributed by atoms with Gasteiger partial charge in [0.15, 0.2) is 0 Å². The maximum absolute atomic E-state index is 13.6. The number of thiazole rings is 1. The highest BCUT2D eigenvalue weighted by molar-refractivity contribution is 7.14. The van der Waals surface area contributed by atoms with Crippen molar-refractivity contribution in [1.29, 1.82) is 5.26 Å². The molecular formula is C17H9F2N3OS2. The minimum Gasteiger partial charge on any atom is -0.319 e. The zero-order valence-electron chi connectivity index (χ0n) is 12.5. The number of anilines is 1. The topological polar surface area (TPSA) is 65.8 Å². The highest BCUT2D eigenvalue weighted by atomic mass is 32.1. The molecule has 4 nitrogen and oxygen atoms in total. The van der Waals surface area contributed by atoms with Gasteiger partial charge in [-0.05, 0) is 29.7 Å². The van der Waals surface area contributed by atoms with E-state index >= 15 is 0 Å². The number of thiophene rings is 1. The van der Waals surface area contributed by atoms with Crippen molar-refractivity contribution in [3.05, 3.63) is 63.3 Å². The largest absolute Gasteiger partial charge is 0.319 e. The normalized spacial score (nSPS) is 11.2. The number of benzene rings is 1. The van der Waals surface area contributed by atoms with Crippen molar-refractivity contribution < 1.29 is 13.6 Å². The number of amides is 1. The Morgan fingerprint density at radius 3 is 2.80 bits per heavy atom. The Morgan fingerprint density at radius 2 is 2.12 bits per heavy atom. The molecule has 0 aliphatic heterocycles. The molecule has 3 rings (SSSR count). The summed E-state index contributed by atoms with van der Waals surface area (Å²) in [6.07, 6.45) is 1.32. The Balaban J connectivity index is 1.80. The molecule has 1 amide bonds. The van der Waals surface area contributed by atoms with Crippen LogP contribution in [0.2, 0.25) is 0 Å². The molecular weight excluding hydrogens is 364 g/mol. The Labute approximate surface area is 149 Å². The summed E-state index contributed by atoms with van der Waals surface area (Å²) in [7, 11) is 0. The van der Waals surface area contributed by atoms with Crippen LogP contribution in [0.25, 0.3) is 16.6 Å². The van der Waals surface area contributed by atoms with Gasteiger partial charge in [0, 0.05) is 22.4 Å². The summed E-state index contributed by atoms with van der Waals surface area (Å²) in [5.41, 5.74) is 0.985. The van der Waals surface area contributed by atoms with E-state index in [1.54, 1.807) is 22.8 Å². The molecule has 0 fully saturated rings. The minimum absolute atomic E-state index is 0.204. The van der Waals surface area contributed by atoms with Gasteiger partial charge in [0.1, 0.15) is 28.3 Å². The van der Waals surface area contributed by atoms with Crippen molar-refractivity contribution in [2.75, 3.05) is 5.32 Å². The lowest BCUT2D eigenvalue weighted by molar-refractivity contribution is -0.112. The van der Waals surface area contributed by atoms with Crippen molar-refractivity contribution in [2.24, 2.45) is 0 Å². The molecule has 2 heterocycles. The number of hydrogen-bond donors (Lipinski definition) is 1. The molecule has 8 heteroatoms. The Hall–Kier alpha value is -2.89. The third kappa shape index (κ3) is 3.96. The van der Waals surface area contributed by atoms with Gasteiger partial charge in [0.25, 0.3) is 5.91 Å². The third-order valence-corrected chi connectivity index (χ3v) is 4.72. The fraction of sp³-hybridized carbons (Fsp3) is 0. The molecule has 1 N–H and O–H groups in total. The second-order valence-corrected chi connectivity index (χ2v) is 6.48. The van der Waals surface area contributed by atoms with Gasteiger partial charge < -0.3 is 5.32 Å². The fourth-order valence-corrected chi connectivity index (χ4v) is 3.44. The third-order valence-electron chi connectivity index (χ3n) is 3.13. The number of carbonyl (C=O) groups excluding carboxylic acids is 1. The van der Waals surface area contributed by atoms with Gasteiger partial charge >= 0.3 is 0 Å². The zero-order chi connectivity index (χ0) is 17.8. The Kier molecular flexibility index (Phi) is 4.97. The number of rotatable bonds is 4. The van der Waals surface area contributed by atoms with E-state index in [4.69, 9.17) is 0 Å². The Bertz CT molecular complexity index is 988. The van der Waals surface area contributed by atoms with Gasteiger partial charge in [-0.15, -0.1) is 11.3 Å². The predicted octanol–water partition coefficient (Wildman–Crippen LogP) is 4.70. The minimum atomic E-state index is -0.918. The highest BCUT2D eigenvalue weighted by Crippen LogP contribution is 2.26. The molecule has 0 aliphatic rings. The van der Waals surface area contributed by atoms with Crippen LogP contribution >= 0.6 is 22.7 Å². The number of carbonyl (C=O) groups is 1. The quantitative estimate of drug-likeness (QED) is 0.533. The first kappa shape index (κ1) is 17.0. The standard InChI is InChI=1S/C17H9F2N3OS2/c18-12-1-2-15(14(19)6-12)22-16(23)11(7-20)5-13-9-25-17(21-13)10-3-4-24-8-10/h1-6,8-9H,(H,22,23)/b11-5-. The lowest BCUT2D eigenvalue weighted by Gasteiger charge is -2.05. The van der Waals surface area contributed by atoms with E-state index in [-0.39, 0.29) is 11.3 Å². The average Bonchev–Trinajstić information content (AvgIpc) is 3.26. The lowest BCUT2D eigenvalue weighted by Crippen LogP contribution is -2.14. The van der Waals surface area contributed by atoms with Crippen LogP contribution in [-0.2, 0) is 4.79 Å². The van der Waals surface area contributed by atoms with E-state index in [0.29, 0.717) is 11.8 Å². The second-order valence-electron chi connectivity index (χ2n) is 4.84. The van der Waals surface area contributed by atoms with E-state index in [0.717, 1.165) is 22.7 Å². The van der Waals surface area contributed by atoms with E-state index in [1.165, 1.54) is 17.4 Å². The number of hydrogen-bond acceptors (Lipinski definition) is 5. The van der Waals surface area contributed by atoms with Crippen LogP contribution in [-0.4, -0.2) is 10.9 Å². The molecule has 25 heavy (non-hydrogen) atoms. The first-order chi connectivity index (χ1) is 12.1. The van der Waals surface area contributed by atoms with Crippen molar-refractivity contribution in [1.82, 2.24) is 4.98 Å². The van der Waals surface area contributed by atoms with E-state index in [2.05, 4.69) is 10.3 Å². The van der Waals surface area contributed by atoms with Crippen molar-refractivity contribution in [2.45, 2.75) is 0 Å². The van der Waals surface area contributed by atoms with Crippen LogP contribution < -0.4 is 5.32 Å². The molecule has 0 saturated carbocycles. The molecule has 0 unspecified atom stereocenters. The molecule has 0 aliphatic carbocycles. The SMILES string of the molecule is N#C/C(=C/c1csc(-c2ccsc2)n1)C(=O)Nc1ccc(F)cc1F. The summed E-state index contributed by atoms with van der Waals surface area (Å²) >= 11 is 2.93. The van der Waals surface area contributed by atoms with Gasteiger partial charge in [-0.1, -0.05) is 0 Å². The predicted molar refractivity (Wildman–Crippen MR) is 94.0 cm³/mol. The molecule has 2 aromatic heterocycles. The van der Waals surface area contributed by atoms with Gasteiger partial charge in [0.05, 0.1) is 11.4 Å². The van der Waals surface area contributed by atoms with Crippen molar-refractivity contribution in [3.8, 4) is 16.6 Å². The summed E-state index contributed by atoms with van der Waals surface area (Å²) in [6.45, 7) is 0. The molecule has 0 radical (unpaired) electrons. The maximum atomic E-state index is 13.6. The van der Waals surface area contributed by atoms with Gasteiger partial charge in [-0.2, -0.15) is 16.6 Å². The van der Waals surface area contributed by atoms with Gasteiger partial charge in [-0.25, -0.2) is 13.8 Å². The molecule has 3 aromatic rings. The van der Waals surface area contributed by atoms with Crippen LogP contribution in [0.3, 0.4) is 0 Å². The summed E-state index contributed by atoms with van der Waals surface area (Å²) in [5.74, 6) is -2.47. The monoisotopic (exact) mass is 373 g/mol. The Morgan fingerprint density at radius 1 is 1.28 bits per heavy atom. The van der Waals surface area contributed by atoms with Crippen LogP contribution in [0, 0.1) is 23.0 Å². The first-order valence-electron chi connectivity index (χ1n) is 6.93. The number of halogens is 2. The smallest absolute Gasteiger partial charge is 0.266 e. The maximum Gasteiger partial charge on any atom is 0.266 e. The zero-order valence-corrected chi connectivity index (χ0v) is 14.1. The first-order valence-corrected chi connectivity index (χ1v) is 8.75. The van der Waals surface area contributed by atoms with Crippen LogP contribution in [0.4, 0.5) is 14.5 Å².